The molecule has 0 saturated carbocycles. The summed E-state index contributed by atoms with van der Waals surface area (Å²) in [7, 11) is -3.17. The normalized spacial score (nSPS) is 16.2. The summed E-state index contributed by atoms with van der Waals surface area (Å²) in [6, 6.07) is 12.8. The molecule has 1 aliphatic heterocycles. The number of rotatable bonds is 4. The van der Waals surface area contributed by atoms with E-state index in [-0.39, 0.29) is 11.7 Å². The van der Waals surface area contributed by atoms with Gasteiger partial charge in [-0.2, -0.15) is 0 Å². The third kappa shape index (κ3) is 4.34. The Morgan fingerprint density at radius 3 is 2.54 bits per heavy atom. The average molecular weight is 435 g/mol. The highest BCUT2D eigenvalue weighted by molar-refractivity contribution is 9.10. The molecule has 5 nitrogen and oxygen atoms in total. The number of hydrogen-bond acceptors (Lipinski definition) is 3. The van der Waals surface area contributed by atoms with E-state index in [4.69, 9.17) is 0 Å². The summed E-state index contributed by atoms with van der Waals surface area (Å²) in [5, 5.41) is 2.81. The number of sulfonamides is 1. The molecule has 1 heterocycles. The maximum Gasteiger partial charge on any atom is 0.248 e. The van der Waals surface area contributed by atoms with Crippen molar-refractivity contribution in [2.75, 3.05) is 21.9 Å². The number of nitrogens with one attached hydrogen (secondary N) is 1. The third-order valence-corrected chi connectivity index (χ3v) is 6.62. The van der Waals surface area contributed by atoms with E-state index in [1.807, 2.05) is 25.1 Å². The molecule has 0 atom stereocenters. The summed E-state index contributed by atoms with van der Waals surface area (Å²) >= 11 is 3.43. The predicted octanol–water partition coefficient (Wildman–Crippen LogP) is 3.95. The van der Waals surface area contributed by atoms with Crippen LogP contribution in [0, 0.1) is 6.92 Å². The highest BCUT2D eigenvalue weighted by Gasteiger charge is 2.28. The number of carbonyl (C=O) groups is 1. The number of nitrogens with zero attached hydrogens (tertiary/aromatic N) is 1. The number of hydrogen-bond donors (Lipinski definition) is 1. The van der Waals surface area contributed by atoms with Gasteiger partial charge in [-0.25, -0.2) is 8.42 Å². The fourth-order valence-electron chi connectivity index (χ4n) is 2.75. The molecule has 1 aliphatic rings. The van der Waals surface area contributed by atoms with E-state index in [0.29, 0.717) is 24.3 Å². The highest BCUT2D eigenvalue weighted by atomic mass is 79.9. The first-order chi connectivity index (χ1) is 12.3. The molecule has 26 heavy (non-hydrogen) atoms. The molecule has 0 radical (unpaired) electrons. The topological polar surface area (TPSA) is 66.5 Å². The van der Waals surface area contributed by atoms with Crippen LogP contribution in [-0.2, 0) is 14.8 Å². The van der Waals surface area contributed by atoms with Gasteiger partial charge in [0, 0.05) is 17.1 Å². The van der Waals surface area contributed by atoms with Gasteiger partial charge in [-0.3, -0.25) is 9.10 Å². The van der Waals surface area contributed by atoms with Crippen LogP contribution in [0.4, 0.5) is 11.4 Å². The van der Waals surface area contributed by atoms with Crippen LogP contribution in [-0.4, -0.2) is 26.6 Å². The van der Waals surface area contributed by atoms with Crippen molar-refractivity contribution in [2.24, 2.45) is 0 Å². The molecule has 7 heteroatoms. The van der Waals surface area contributed by atoms with E-state index >= 15 is 0 Å². The third-order valence-electron chi connectivity index (χ3n) is 4.09. The average Bonchev–Trinajstić information content (AvgIpc) is 2.95. The van der Waals surface area contributed by atoms with Crippen LogP contribution in [0.15, 0.2) is 53.0 Å². The molecule has 0 spiro atoms. The van der Waals surface area contributed by atoms with Crippen LogP contribution in [0.3, 0.4) is 0 Å². The minimum atomic E-state index is -3.17. The highest BCUT2D eigenvalue weighted by Crippen LogP contribution is 2.25. The van der Waals surface area contributed by atoms with Crippen molar-refractivity contribution in [2.45, 2.75) is 13.3 Å². The number of carbonyl (C=O) groups excluding carboxylic acids is 1. The smallest absolute Gasteiger partial charge is 0.248 e. The lowest BCUT2D eigenvalue weighted by Crippen LogP contribution is -2.24. The maximum atomic E-state index is 12.1. The van der Waals surface area contributed by atoms with Gasteiger partial charge in [0.05, 0.1) is 17.1 Å². The monoisotopic (exact) mass is 434 g/mol. The summed E-state index contributed by atoms with van der Waals surface area (Å²) in [6.07, 6.45) is 3.80. The molecule has 0 aliphatic carbocycles. The molecule has 0 bridgehead atoms. The van der Waals surface area contributed by atoms with Gasteiger partial charge in [0.1, 0.15) is 0 Å². The van der Waals surface area contributed by atoms with Crippen molar-refractivity contribution in [1.29, 1.82) is 0 Å². The van der Waals surface area contributed by atoms with E-state index in [2.05, 4.69) is 21.2 Å². The second-order valence-corrected chi connectivity index (χ2v) is 9.01. The molecule has 0 unspecified atom stereocenters. The first kappa shape index (κ1) is 18.7. The second kappa shape index (κ2) is 7.63. The first-order valence-electron chi connectivity index (χ1n) is 8.21. The van der Waals surface area contributed by atoms with Crippen LogP contribution >= 0.6 is 15.9 Å². The van der Waals surface area contributed by atoms with Crippen LogP contribution in [0.25, 0.3) is 6.08 Å². The van der Waals surface area contributed by atoms with Crippen molar-refractivity contribution < 1.29 is 13.2 Å². The van der Waals surface area contributed by atoms with Crippen LogP contribution < -0.4 is 9.62 Å². The molecule has 2 aromatic carbocycles. The minimum absolute atomic E-state index is 0.198. The lowest BCUT2D eigenvalue weighted by molar-refractivity contribution is -0.111. The molecule has 136 valence electrons. The maximum absolute atomic E-state index is 12.1. The Labute approximate surface area is 161 Å². The first-order valence-corrected chi connectivity index (χ1v) is 10.6. The van der Waals surface area contributed by atoms with E-state index in [1.165, 1.54) is 10.4 Å². The van der Waals surface area contributed by atoms with Gasteiger partial charge >= 0.3 is 0 Å². The zero-order valence-corrected chi connectivity index (χ0v) is 16.7. The standard InChI is InChI=1S/C19H19BrN2O3S/c1-14-3-9-18(17(20)13-14)21-19(23)10-6-15-4-7-16(8-5-15)22-11-2-12-26(22,24)25/h3-10,13H,2,11-12H2,1H3,(H,21,23)/b10-6+. The Balaban J connectivity index is 1.66. The zero-order valence-electron chi connectivity index (χ0n) is 14.3. The molecule has 3 rings (SSSR count). The zero-order chi connectivity index (χ0) is 18.7. The number of aryl methyl sites for hydroxylation is 1. The van der Waals surface area contributed by atoms with Crippen LogP contribution in [0.5, 0.6) is 0 Å². The Morgan fingerprint density at radius 2 is 1.92 bits per heavy atom. The Morgan fingerprint density at radius 1 is 1.19 bits per heavy atom. The lowest BCUT2D eigenvalue weighted by atomic mass is 10.2. The van der Waals surface area contributed by atoms with Crippen molar-refractivity contribution in [3.8, 4) is 0 Å². The quantitative estimate of drug-likeness (QED) is 0.740. The fourth-order valence-corrected chi connectivity index (χ4v) is 4.91. The fraction of sp³-hybridized carbons (Fsp3) is 0.211. The Hall–Kier alpha value is -2.12. The summed E-state index contributed by atoms with van der Waals surface area (Å²) in [6.45, 7) is 2.50. The molecule has 2 aromatic rings. The molecule has 0 aromatic heterocycles. The van der Waals surface area contributed by atoms with Crippen LogP contribution in [0.1, 0.15) is 17.5 Å². The Bertz CT molecular complexity index is 953. The lowest BCUT2D eigenvalue weighted by Gasteiger charge is -2.16. The van der Waals surface area contributed by atoms with Crippen molar-refractivity contribution in [1.82, 2.24) is 0 Å². The van der Waals surface area contributed by atoms with E-state index in [1.54, 1.807) is 30.3 Å². The van der Waals surface area contributed by atoms with E-state index in [9.17, 15) is 13.2 Å². The molecule has 1 saturated heterocycles. The van der Waals surface area contributed by atoms with Crippen molar-refractivity contribution in [3.05, 3.63) is 64.1 Å². The van der Waals surface area contributed by atoms with E-state index < -0.39 is 10.0 Å². The number of halogens is 1. The SMILES string of the molecule is Cc1ccc(NC(=O)/C=C/c2ccc(N3CCCS3(=O)=O)cc2)c(Br)c1. The summed E-state index contributed by atoms with van der Waals surface area (Å²) in [4.78, 5) is 12.1. The van der Waals surface area contributed by atoms with Gasteiger partial charge in [0.2, 0.25) is 15.9 Å². The molecule has 1 fully saturated rings. The number of amides is 1. The molecule has 1 N–H and O–H groups in total. The molecular weight excluding hydrogens is 416 g/mol. The van der Waals surface area contributed by atoms with Crippen molar-refractivity contribution >= 4 is 49.3 Å². The second-order valence-electron chi connectivity index (χ2n) is 6.14. The summed E-state index contributed by atoms with van der Waals surface area (Å²) in [5.41, 5.74) is 3.29. The molecule has 1 amide bonds. The number of benzene rings is 2. The Kier molecular flexibility index (Phi) is 5.48. The minimum Gasteiger partial charge on any atom is -0.321 e. The summed E-state index contributed by atoms with van der Waals surface area (Å²) in [5.74, 6) is -0.0376. The van der Waals surface area contributed by atoms with Crippen molar-refractivity contribution in [3.63, 3.8) is 0 Å². The van der Waals surface area contributed by atoms with Gasteiger partial charge in [0.25, 0.3) is 0 Å². The van der Waals surface area contributed by atoms with Gasteiger partial charge in [-0.05, 0) is 70.7 Å². The number of anilines is 2. The molecular formula is C19H19BrN2O3S. The van der Waals surface area contributed by atoms with Gasteiger partial charge < -0.3 is 5.32 Å². The predicted molar refractivity (Wildman–Crippen MR) is 109 cm³/mol. The van der Waals surface area contributed by atoms with Crippen LogP contribution in [0.2, 0.25) is 0 Å². The van der Waals surface area contributed by atoms with E-state index in [0.717, 1.165) is 15.6 Å². The summed E-state index contributed by atoms with van der Waals surface area (Å²) < 4.78 is 26.1. The van der Waals surface area contributed by atoms with Gasteiger partial charge in [0.15, 0.2) is 0 Å². The largest absolute Gasteiger partial charge is 0.321 e. The van der Waals surface area contributed by atoms with Gasteiger partial charge in [-0.1, -0.05) is 18.2 Å². The van der Waals surface area contributed by atoms with Gasteiger partial charge in [-0.15, -0.1) is 0 Å².